The highest BCUT2D eigenvalue weighted by Gasteiger charge is 2.19. The Labute approximate surface area is 123 Å². The van der Waals surface area contributed by atoms with Gasteiger partial charge in [0, 0.05) is 18.9 Å². The van der Waals surface area contributed by atoms with E-state index in [1.165, 1.54) is 12.1 Å². The molecule has 0 aliphatic carbocycles. The van der Waals surface area contributed by atoms with Crippen molar-refractivity contribution in [2.75, 3.05) is 11.6 Å². The van der Waals surface area contributed by atoms with E-state index in [4.69, 9.17) is 0 Å². The van der Waals surface area contributed by atoms with Gasteiger partial charge in [-0.25, -0.2) is 13.1 Å². The van der Waals surface area contributed by atoms with Crippen molar-refractivity contribution in [1.29, 1.82) is 0 Å². The first-order valence-electron chi connectivity index (χ1n) is 6.48. The summed E-state index contributed by atoms with van der Waals surface area (Å²) in [6.45, 7) is 4.34. The van der Waals surface area contributed by atoms with Gasteiger partial charge in [0.25, 0.3) is 5.91 Å². The number of nitrogens with one attached hydrogen (secondary N) is 1. The summed E-state index contributed by atoms with van der Waals surface area (Å²) >= 11 is 0. The molecule has 1 aromatic carbocycles. The van der Waals surface area contributed by atoms with Gasteiger partial charge < -0.3 is 5.32 Å². The van der Waals surface area contributed by atoms with E-state index in [0.717, 1.165) is 11.9 Å². The van der Waals surface area contributed by atoms with Crippen LogP contribution in [0, 0.1) is 6.92 Å². The molecule has 2 rings (SSSR count). The lowest BCUT2D eigenvalue weighted by Gasteiger charge is -2.09. The standard InChI is InChI=1S/C14H17N3O3S/c1-4-17-13(9-10(2)16-17)15-14(18)11-7-5-6-8-12(11)21(3,19)20/h5-9H,4H2,1-3H3,(H,15,18). The van der Waals surface area contributed by atoms with E-state index in [2.05, 4.69) is 10.4 Å². The van der Waals surface area contributed by atoms with E-state index in [-0.39, 0.29) is 10.5 Å². The van der Waals surface area contributed by atoms with Crippen LogP contribution < -0.4 is 5.32 Å². The largest absolute Gasteiger partial charge is 0.307 e. The van der Waals surface area contributed by atoms with Gasteiger partial charge in [0.1, 0.15) is 5.82 Å². The summed E-state index contributed by atoms with van der Waals surface area (Å²) in [6, 6.07) is 7.88. The van der Waals surface area contributed by atoms with Gasteiger partial charge in [-0.3, -0.25) is 4.79 Å². The van der Waals surface area contributed by atoms with Crippen molar-refractivity contribution in [2.45, 2.75) is 25.3 Å². The van der Waals surface area contributed by atoms with Crippen LogP contribution >= 0.6 is 0 Å². The average Bonchev–Trinajstić information content (AvgIpc) is 2.77. The smallest absolute Gasteiger partial charge is 0.258 e. The number of rotatable bonds is 4. The first-order chi connectivity index (χ1) is 9.82. The predicted octanol–water partition coefficient (Wildman–Crippen LogP) is 1.87. The van der Waals surface area contributed by atoms with Gasteiger partial charge in [0.05, 0.1) is 16.2 Å². The van der Waals surface area contributed by atoms with Crippen LogP contribution in [0.4, 0.5) is 5.82 Å². The minimum Gasteiger partial charge on any atom is -0.307 e. The predicted molar refractivity (Wildman–Crippen MR) is 80.1 cm³/mol. The van der Waals surface area contributed by atoms with E-state index in [1.807, 2.05) is 13.8 Å². The van der Waals surface area contributed by atoms with E-state index in [9.17, 15) is 13.2 Å². The van der Waals surface area contributed by atoms with Gasteiger partial charge >= 0.3 is 0 Å². The second-order valence-electron chi connectivity index (χ2n) is 4.71. The third kappa shape index (κ3) is 3.30. The van der Waals surface area contributed by atoms with Crippen LogP contribution in [0.25, 0.3) is 0 Å². The van der Waals surface area contributed by atoms with Crippen LogP contribution in [0.15, 0.2) is 35.2 Å². The second kappa shape index (κ2) is 5.69. The summed E-state index contributed by atoms with van der Waals surface area (Å²) in [5, 5.41) is 6.94. The fourth-order valence-corrected chi connectivity index (χ4v) is 2.93. The van der Waals surface area contributed by atoms with Crippen LogP contribution in [0.1, 0.15) is 23.0 Å². The van der Waals surface area contributed by atoms with Crippen LogP contribution in [0.2, 0.25) is 0 Å². The molecular weight excluding hydrogens is 290 g/mol. The number of carbonyl (C=O) groups excluding carboxylic acids is 1. The molecule has 0 fully saturated rings. The van der Waals surface area contributed by atoms with Crippen molar-refractivity contribution in [3.63, 3.8) is 0 Å². The van der Waals surface area contributed by atoms with Crippen molar-refractivity contribution >= 4 is 21.6 Å². The fourth-order valence-electron chi connectivity index (χ4n) is 2.05. The third-order valence-corrected chi connectivity index (χ3v) is 4.13. The minimum atomic E-state index is -3.46. The number of amides is 1. The number of carbonyl (C=O) groups is 1. The van der Waals surface area contributed by atoms with Crippen molar-refractivity contribution in [3.8, 4) is 0 Å². The van der Waals surface area contributed by atoms with Gasteiger partial charge in [-0.05, 0) is 26.0 Å². The summed E-state index contributed by atoms with van der Waals surface area (Å²) < 4.78 is 25.1. The molecule has 112 valence electrons. The maximum absolute atomic E-state index is 12.3. The first kappa shape index (κ1) is 15.2. The van der Waals surface area contributed by atoms with Crippen LogP contribution in [0.3, 0.4) is 0 Å². The highest BCUT2D eigenvalue weighted by Crippen LogP contribution is 2.18. The van der Waals surface area contributed by atoms with Crippen molar-refractivity contribution in [1.82, 2.24) is 9.78 Å². The molecular formula is C14H17N3O3S. The van der Waals surface area contributed by atoms with Crippen LogP contribution in [0.5, 0.6) is 0 Å². The lowest BCUT2D eigenvalue weighted by Crippen LogP contribution is -2.18. The maximum atomic E-state index is 12.3. The molecule has 21 heavy (non-hydrogen) atoms. The van der Waals surface area contributed by atoms with Crippen LogP contribution in [-0.2, 0) is 16.4 Å². The molecule has 7 heteroatoms. The lowest BCUT2D eigenvalue weighted by molar-refractivity contribution is 0.102. The number of aromatic nitrogens is 2. The average molecular weight is 307 g/mol. The molecule has 0 saturated carbocycles. The number of aryl methyl sites for hydroxylation is 2. The zero-order valence-electron chi connectivity index (χ0n) is 12.1. The Balaban J connectivity index is 2.38. The lowest BCUT2D eigenvalue weighted by atomic mass is 10.2. The molecule has 1 aromatic heterocycles. The summed E-state index contributed by atoms with van der Waals surface area (Å²) in [4.78, 5) is 12.4. The molecule has 1 amide bonds. The van der Waals surface area contributed by atoms with Crippen molar-refractivity contribution in [2.24, 2.45) is 0 Å². The molecule has 0 spiro atoms. The summed E-state index contributed by atoms with van der Waals surface area (Å²) in [5.41, 5.74) is 0.907. The Kier molecular flexibility index (Phi) is 4.13. The van der Waals surface area contributed by atoms with E-state index in [1.54, 1.807) is 22.9 Å². The highest BCUT2D eigenvalue weighted by atomic mass is 32.2. The minimum absolute atomic E-state index is 0.0155. The number of hydrogen-bond donors (Lipinski definition) is 1. The molecule has 0 aliphatic rings. The molecule has 0 aliphatic heterocycles. The van der Waals surface area contributed by atoms with E-state index >= 15 is 0 Å². The number of anilines is 1. The summed E-state index contributed by atoms with van der Waals surface area (Å²) in [7, 11) is -3.46. The van der Waals surface area contributed by atoms with Gasteiger partial charge in [-0.2, -0.15) is 5.10 Å². The molecule has 1 heterocycles. The molecule has 0 unspecified atom stereocenters. The molecule has 0 atom stereocenters. The van der Waals surface area contributed by atoms with Gasteiger partial charge in [-0.1, -0.05) is 12.1 Å². The number of nitrogens with zero attached hydrogens (tertiary/aromatic N) is 2. The number of hydrogen-bond acceptors (Lipinski definition) is 4. The quantitative estimate of drug-likeness (QED) is 0.935. The maximum Gasteiger partial charge on any atom is 0.258 e. The number of benzene rings is 1. The fraction of sp³-hybridized carbons (Fsp3) is 0.286. The topological polar surface area (TPSA) is 81.1 Å². The molecule has 2 aromatic rings. The third-order valence-electron chi connectivity index (χ3n) is 2.97. The summed E-state index contributed by atoms with van der Waals surface area (Å²) in [6.07, 6.45) is 1.08. The van der Waals surface area contributed by atoms with Gasteiger partial charge in [0.2, 0.25) is 0 Å². The normalized spacial score (nSPS) is 11.4. The van der Waals surface area contributed by atoms with E-state index in [0.29, 0.717) is 12.4 Å². The molecule has 0 bridgehead atoms. The van der Waals surface area contributed by atoms with Gasteiger partial charge in [0.15, 0.2) is 9.84 Å². The second-order valence-corrected chi connectivity index (χ2v) is 6.69. The zero-order valence-corrected chi connectivity index (χ0v) is 12.9. The Morgan fingerprint density at radius 3 is 2.62 bits per heavy atom. The Morgan fingerprint density at radius 2 is 2.00 bits per heavy atom. The Morgan fingerprint density at radius 1 is 1.33 bits per heavy atom. The molecule has 0 saturated heterocycles. The van der Waals surface area contributed by atoms with Crippen molar-refractivity contribution in [3.05, 3.63) is 41.6 Å². The molecule has 6 nitrogen and oxygen atoms in total. The Bertz CT molecular complexity index is 779. The number of sulfone groups is 1. The molecule has 1 N–H and O–H groups in total. The monoisotopic (exact) mass is 307 g/mol. The molecule has 0 radical (unpaired) electrons. The SMILES string of the molecule is CCn1nc(C)cc1NC(=O)c1ccccc1S(C)(=O)=O. The highest BCUT2D eigenvalue weighted by molar-refractivity contribution is 7.90. The first-order valence-corrected chi connectivity index (χ1v) is 8.37. The summed E-state index contributed by atoms with van der Waals surface area (Å²) in [5.74, 6) is 0.0777. The van der Waals surface area contributed by atoms with E-state index < -0.39 is 15.7 Å². The van der Waals surface area contributed by atoms with Gasteiger partial charge in [-0.15, -0.1) is 0 Å². The Hall–Kier alpha value is -2.15. The van der Waals surface area contributed by atoms with Crippen LogP contribution in [-0.4, -0.2) is 30.4 Å². The van der Waals surface area contributed by atoms with Crippen molar-refractivity contribution < 1.29 is 13.2 Å². The zero-order chi connectivity index (χ0) is 15.6.